The third kappa shape index (κ3) is 8.86. The molecule has 1 atom stereocenters. The lowest BCUT2D eigenvalue weighted by molar-refractivity contribution is -0.143. The predicted molar refractivity (Wildman–Crippen MR) is 152 cm³/mol. The normalized spacial score (nSPS) is 16.2. The van der Waals surface area contributed by atoms with Crippen LogP contribution in [0, 0.1) is 6.92 Å². The van der Waals surface area contributed by atoms with Crippen LogP contribution in [0.2, 0.25) is 0 Å². The van der Waals surface area contributed by atoms with Crippen LogP contribution < -0.4 is 0 Å². The molecular formula is C29H29Cl2F6N3O2. The Bertz CT molecular complexity index is 1350. The first-order valence-electron chi connectivity index (χ1n) is 12.5. The van der Waals surface area contributed by atoms with Crippen molar-refractivity contribution >= 4 is 36.8 Å². The summed E-state index contributed by atoms with van der Waals surface area (Å²) in [5.41, 5.74) is -1.53. The summed E-state index contributed by atoms with van der Waals surface area (Å²) in [6.07, 6.45) is -2.71. The smallest absolute Gasteiger partial charge is 0.416 e. The van der Waals surface area contributed by atoms with Crippen molar-refractivity contribution in [2.75, 3.05) is 26.2 Å². The van der Waals surface area contributed by atoms with Gasteiger partial charge in [-0.2, -0.15) is 26.3 Å². The highest BCUT2D eigenvalue weighted by Crippen LogP contribution is 2.37. The number of hydrogen-bond donors (Lipinski definition) is 1. The van der Waals surface area contributed by atoms with Crippen LogP contribution in [-0.4, -0.2) is 58.0 Å². The molecular weight excluding hydrogens is 607 g/mol. The fourth-order valence-corrected chi connectivity index (χ4v) is 4.64. The molecule has 1 amide bonds. The van der Waals surface area contributed by atoms with E-state index in [1.807, 2.05) is 23.1 Å². The molecule has 1 aromatic heterocycles. The van der Waals surface area contributed by atoms with Gasteiger partial charge in [-0.05, 0) is 60.4 Å². The highest BCUT2D eigenvalue weighted by Gasteiger charge is 2.39. The largest absolute Gasteiger partial charge is 0.508 e. The van der Waals surface area contributed by atoms with Gasteiger partial charge in [-0.3, -0.25) is 14.7 Å². The maximum absolute atomic E-state index is 13.5. The second kappa shape index (κ2) is 14.3. The van der Waals surface area contributed by atoms with Gasteiger partial charge in [-0.25, -0.2) is 0 Å². The van der Waals surface area contributed by atoms with Gasteiger partial charge in [0.05, 0.1) is 11.1 Å². The van der Waals surface area contributed by atoms with E-state index in [1.165, 1.54) is 4.90 Å². The Morgan fingerprint density at radius 1 is 1.00 bits per heavy atom. The molecule has 2 heterocycles. The van der Waals surface area contributed by atoms with E-state index in [-0.39, 0.29) is 49.6 Å². The number of carbonyl (C=O) groups is 1. The van der Waals surface area contributed by atoms with Gasteiger partial charge in [0.25, 0.3) is 5.91 Å². The number of carbonyl (C=O) groups excluding carboxylic acids is 1. The van der Waals surface area contributed by atoms with Crippen LogP contribution in [0.15, 0.2) is 67.0 Å². The van der Waals surface area contributed by atoms with Crippen LogP contribution in [0.4, 0.5) is 26.3 Å². The molecule has 0 aliphatic carbocycles. The maximum atomic E-state index is 13.5. The average Bonchev–Trinajstić information content (AvgIpc) is 2.90. The predicted octanol–water partition coefficient (Wildman–Crippen LogP) is 7.06. The van der Waals surface area contributed by atoms with Crippen LogP contribution in [0.25, 0.3) is 6.08 Å². The molecule has 0 saturated carbocycles. The van der Waals surface area contributed by atoms with Gasteiger partial charge >= 0.3 is 12.4 Å². The summed E-state index contributed by atoms with van der Waals surface area (Å²) in [6.45, 7) is 3.01. The molecule has 0 bridgehead atoms. The van der Waals surface area contributed by atoms with E-state index in [0.717, 1.165) is 5.56 Å². The minimum atomic E-state index is -5.06. The van der Waals surface area contributed by atoms with E-state index in [4.69, 9.17) is 0 Å². The van der Waals surface area contributed by atoms with Crippen molar-refractivity contribution in [1.29, 1.82) is 0 Å². The highest BCUT2D eigenvalue weighted by atomic mass is 35.5. The average molecular weight is 636 g/mol. The summed E-state index contributed by atoms with van der Waals surface area (Å²) in [5, 5.41) is 10.2. The fourth-order valence-electron chi connectivity index (χ4n) is 4.64. The first-order valence-corrected chi connectivity index (χ1v) is 12.5. The summed E-state index contributed by atoms with van der Waals surface area (Å²) in [7, 11) is 0. The van der Waals surface area contributed by atoms with E-state index in [0.29, 0.717) is 42.9 Å². The monoisotopic (exact) mass is 635 g/mol. The zero-order valence-corrected chi connectivity index (χ0v) is 24.0. The fraction of sp³-hybridized carbons (Fsp3) is 0.310. The van der Waals surface area contributed by atoms with Crippen LogP contribution >= 0.6 is 24.8 Å². The zero-order chi connectivity index (χ0) is 29.1. The topological polar surface area (TPSA) is 56.7 Å². The number of aromatic nitrogens is 1. The van der Waals surface area contributed by atoms with E-state index in [1.54, 1.807) is 43.6 Å². The SMILES string of the molecule is Cc1ccc(C[C@@H]2CN(C/C=C\c3cccnc3)CCN2C(=O)c2cc(C(F)(F)F)cc(C(F)(F)F)c2)cc1O.Cl.Cl. The first kappa shape index (κ1) is 34.9. The van der Waals surface area contributed by atoms with E-state index in [2.05, 4.69) is 4.98 Å². The number of rotatable bonds is 6. The number of aromatic hydroxyl groups is 1. The Hall–Kier alpha value is -3.28. The van der Waals surface area contributed by atoms with Crippen molar-refractivity contribution in [2.45, 2.75) is 31.7 Å². The summed E-state index contributed by atoms with van der Waals surface area (Å²) in [4.78, 5) is 20.9. The van der Waals surface area contributed by atoms with E-state index < -0.39 is 41.0 Å². The molecule has 228 valence electrons. The lowest BCUT2D eigenvalue weighted by atomic mass is 9.98. The van der Waals surface area contributed by atoms with Crippen molar-refractivity contribution in [1.82, 2.24) is 14.8 Å². The summed E-state index contributed by atoms with van der Waals surface area (Å²) in [5.74, 6) is -0.862. The molecule has 1 saturated heterocycles. The molecule has 0 radical (unpaired) electrons. The summed E-state index contributed by atoms with van der Waals surface area (Å²) >= 11 is 0. The molecule has 1 aliphatic rings. The number of aryl methyl sites for hydroxylation is 1. The highest BCUT2D eigenvalue weighted by molar-refractivity contribution is 5.95. The minimum absolute atomic E-state index is 0. The van der Waals surface area contributed by atoms with Crippen LogP contribution in [0.3, 0.4) is 0 Å². The number of halogens is 8. The van der Waals surface area contributed by atoms with Crippen molar-refractivity contribution in [2.24, 2.45) is 0 Å². The molecule has 5 nitrogen and oxygen atoms in total. The standard InChI is InChI=1S/C29H27F6N3O2.2ClH/c1-19-6-7-21(13-26(19)39)12-25-18-37(9-3-5-20-4-2-8-36-17-20)10-11-38(25)27(40)22-14-23(28(30,31)32)16-24(15-22)29(33,34)35;;/h2-8,13-17,25,39H,9-12,18H2,1H3;2*1H/b5-3-;;/t25-;;/m1../s1. The van der Waals surface area contributed by atoms with Gasteiger partial charge in [0, 0.05) is 50.2 Å². The van der Waals surface area contributed by atoms with Gasteiger partial charge < -0.3 is 10.0 Å². The van der Waals surface area contributed by atoms with Gasteiger partial charge in [-0.1, -0.05) is 30.4 Å². The van der Waals surface area contributed by atoms with Crippen molar-refractivity contribution in [3.63, 3.8) is 0 Å². The number of benzene rings is 2. The molecule has 13 heteroatoms. The third-order valence-electron chi connectivity index (χ3n) is 6.77. The lowest BCUT2D eigenvalue weighted by Gasteiger charge is -2.41. The van der Waals surface area contributed by atoms with Gasteiger partial charge in [0.2, 0.25) is 0 Å². The second-order valence-electron chi connectivity index (χ2n) is 9.72. The number of nitrogens with zero attached hydrogens (tertiary/aromatic N) is 3. The van der Waals surface area contributed by atoms with Crippen LogP contribution in [0.5, 0.6) is 5.75 Å². The van der Waals surface area contributed by atoms with Gasteiger partial charge in [0.1, 0.15) is 5.75 Å². The van der Waals surface area contributed by atoms with Crippen molar-refractivity contribution < 1.29 is 36.2 Å². The molecule has 1 N–H and O–H groups in total. The molecule has 0 unspecified atom stereocenters. The number of hydrogen-bond acceptors (Lipinski definition) is 4. The maximum Gasteiger partial charge on any atom is 0.416 e. The second-order valence-corrected chi connectivity index (χ2v) is 9.72. The first-order chi connectivity index (χ1) is 18.8. The van der Waals surface area contributed by atoms with Crippen LogP contribution in [-0.2, 0) is 18.8 Å². The lowest BCUT2D eigenvalue weighted by Crippen LogP contribution is -2.56. The van der Waals surface area contributed by atoms with Crippen molar-refractivity contribution in [3.05, 3.63) is 100 Å². The molecule has 2 aromatic carbocycles. The molecule has 1 aliphatic heterocycles. The molecule has 3 aromatic rings. The molecule has 42 heavy (non-hydrogen) atoms. The van der Waals surface area contributed by atoms with E-state index >= 15 is 0 Å². The Morgan fingerprint density at radius 3 is 2.24 bits per heavy atom. The number of alkyl halides is 6. The number of pyridine rings is 1. The Kier molecular flexibility index (Phi) is 11.9. The molecule has 4 rings (SSSR count). The third-order valence-corrected chi connectivity index (χ3v) is 6.77. The summed E-state index contributed by atoms with van der Waals surface area (Å²) in [6, 6.07) is 9.08. The van der Waals surface area contributed by atoms with Crippen LogP contribution in [0.1, 0.15) is 38.2 Å². The molecule has 0 spiro atoms. The number of phenols is 1. The minimum Gasteiger partial charge on any atom is -0.508 e. The van der Waals surface area contributed by atoms with Gasteiger partial charge in [0.15, 0.2) is 0 Å². The number of piperazine rings is 1. The zero-order valence-electron chi connectivity index (χ0n) is 22.3. The van der Waals surface area contributed by atoms with Gasteiger partial charge in [-0.15, -0.1) is 24.8 Å². The Labute approximate surface area is 251 Å². The number of phenolic OH excluding ortho intramolecular Hbond substituents is 1. The summed E-state index contributed by atoms with van der Waals surface area (Å²) < 4.78 is 80.6. The van der Waals surface area contributed by atoms with Crippen molar-refractivity contribution in [3.8, 4) is 5.75 Å². The number of amides is 1. The molecule has 1 fully saturated rings. The Balaban J connectivity index is 0.00000308. The quantitative estimate of drug-likeness (QED) is 0.295. The van der Waals surface area contributed by atoms with E-state index in [9.17, 15) is 36.2 Å². The Morgan fingerprint density at radius 2 is 1.67 bits per heavy atom.